The van der Waals surface area contributed by atoms with Gasteiger partial charge in [-0.2, -0.15) is 0 Å². The third-order valence-corrected chi connectivity index (χ3v) is 3.88. The Bertz CT molecular complexity index is 180. The Hall–Kier alpha value is -0.0400. The maximum absolute atomic E-state index is 2.71. The lowest BCUT2D eigenvalue weighted by atomic mass is 10.0. The molecule has 2 rings (SSSR count). The van der Waals surface area contributed by atoms with E-state index in [-0.39, 0.29) is 0 Å². The second-order valence-corrected chi connectivity index (χ2v) is 5.59. The largest absolute Gasteiger partial charge is 0.295 e. The Labute approximate surface area is 76.1 Å². The molecule has 0 amide bonds. The minimum Gasteiger partial charge on any atom is -0.295 e. The molecular weight excluding hydrogens is 146 g/mol. The van der Waals surface area contributed by atoms with Crippen LogP contribution in [0, 0.1) is 11.8 Å². The molecule has 2 aliphatic rings. The standard InChI is InChI=1S/C11H21N/c1-8-9-5-6-10(8)12(7-9)11(2,3)4/h8-10H,5-7H2,1-4H3. The summed E-state index contributed by atoms with van der Waals surface area (Å²) in [6, 6.07) is 0.898. The van der Waals surface area contributed by atoms with Crippen molar-refractivity contribution in [3.05, 3.63) is 0 Å². The second kappa shape index (κ2) is 2.47. The molecule has 1 saturated heterocycles. The summed E-state index contributed by atoms with van der Waals surface area (Å²) in [4.78, 5) is 2.71. The van der Waals surface area contributed by atoms with Crippen LogP contribution >= 0.6 is 0 Å². The molecule has 1 aliphatic carbocycles. The van der Waals surface area contributed by atoms with Crippen LogP contribution in [0.4, 0.5) is 0 Å². The van der Waals surface area contributed by atoms with E-state index in [0.717, 1.165) is 17.9 Å². The first kappa shape index (κ1) is 8.55. The molecule has 0 aromatic rings. The lowest BCUT2D eigenvalue weighted by molar-refractivity contribution is 0.0928. The first-order chi connectivity index (χ1) is 5.50. The summed E-state index contributed by atoms with van der Waals surface area (Å²) in [5, 5.41) is 0. The summed E-state index contributed by atoms with van der Waals surface area (Å²) >= 11 is 0. The summed E-state index contributed by atoms with van der Waals surface area (Å²) in [6.45, 7) is 10.8. The fourth-order valence-electron chi connectivity index (χ4n) is 3.08. The number of piperidine rings is 1. The molecule has 0 N–H and O–H groups in total. The minimum atomic E-state index is 0.397. The van der Waals surface area contributed by atoms with Crippen LogP contribution in [0.3, 0.4) is 0 Å². The molecule has 12 heavy (non-hydrogen) atoms. The van der Waals surface area contributed by atoms with Crippen LogP contribution < -0.4 is 0 Å². The highest BCUT2D eigenvalue weighted by Crippen LogP contribution is 2.45. The van der Waals surface area contributed by atoms with Crippen molar-refractivity contribution in [3.8, 4) is 0 Å². The van der Waals surface area contributed by atoms with Crippen molar-refractivity contribution in [2.75, 3.05) is 6.54 Å². The van der Waals surface area contributed by atoms with Crippen LogP contribution in [0.2, 0.25) is 0 Å². The van der Waals surface area contributed by atoms with Gasteiger partial charge in [-0.15, -0.1) is 0 Å². The quantitative estimate of drug-likeness (QED) is 0.536. The molecule has 0 spiro atoms. The van der Waals surface area contributed by atoms with E-state index in [4.69, 9.17) is 0 Å². The average Bonchev–Trinajstić information content (AvgIpc) is 2.45. The number of likely N-dealkylation sites (tertiary alicyclic amines) is 1. The lowest BCUT2D eigenvalue weighted by Gasteiger charge is -2.39. The number of rotatable bonds is 0. The van der Waals surface area contributed by atoms with Gasteiger partial charge in [0.25, 0.3) is 0 Å². The highest BCUT2D eigenvalue weighted by molar-refractivity contribution is 5.01. The predicted molar refractivity (Wildman–Crippen MR) is 52.1 cm³/mol. The van der Waals surface area contributed by atoms with Crippen molar-refractivity contribution in [1.29, 1.82) is 0 Å². The molecule has 1 aliphatic heterocycles. The number of nitrogens with zero attached hydrogens (tertiary/aromatic N) is 1. The van der Waals surface area contributed by atoms with Gasteiger partial charge in [-0.05, 0) is 45.4 Å². The average molecular weight is 167 g/mol. The Morgan fingerprint density at radius 3 is 2.08 bits per heavy atom. The molecule has 2 bridgehead atoms. The van der Waals surface area contributed by atoms with Crippen LogP contribution in [0.25, 0.3) is 0 Å². The van der Waals surface area contributed by atoms with Gasteiger partial charge in [-0.3, -0.25) is 4.90 Å². The predicted octanol–water partition coefficient (Wildman–Crippen LogP) is 2.52. The van der Waals surface area contributed by atoms with Crippen molar-refractivity contribution in [3.63, 3.8) is 0 Å². The van der Waals surface area contributed by atoms with E-state index in [0.29, 0.717) is 5.54 Å². The van der Waals surface area contributed by atoms with E-state index >= 15 is 0 Å². The number of fused-ring (bicyclic) bond motifs is 2. The molecule has 1 heterocycles. The summed E-state index contributed by atoms with van der Waals surface area (Å²) < 4.78 is 0. The van der Waals surface area contributed by atoms with E-state index in [9.17, 15) is 0 Å². The van der Waals surface area contributed by atoms with Crippen molar-refractivity contribution < 1.29 is 0 Å². The van der Waals surface area contributed by atoms with Gasteiger partial charge in [0.2, 0.25) is 0 Å². The Morgan fingerprint density at radius 1 is 1.17 bits per heavy atom. The maximum atomic E-state index is 2.71. The van der Waals surface area contributed by atoms with Crippen LogP contribution in [0.1, 0.15) is 40.5 Å². The second-order valence-electron chi connectivity index (χ2n) is 5.59. The van der Waals surface area contributed by atoms with Gasteiger partial charge in [-0.1, -0.05) is 6.92 Å². The van der Waals surface area contributed by atoms with E-state index in [2.05, 4.69) is 32.6 Å². The third kappa shape index (κ3) is 1.10. The zero-order valence-electron chi connectivity index (χ0n) is 8.80. The van der Waals surface area contributed by atoms with Crippen molar-refractivity contribution in [2.45, 2.75) is 52.1 Å². The number of hydrogen-bond donors (Lipinski definition) is 0. The highest BCUT2D eigenvalue weighted by atomic mass is 15.3. The van der Waals surface area contributed by atoms with Gasteiger partial charge >= 0.3 is 0 Å². The fraction of sp³-hybridized carbons (Fsp3) is 1.00. The third-order valence-electron chi connectivity index (χ3n) is 3.88. The van der Waals surface area contributed by atoms with Crippen molar-refractivity contribution in [1.82, 2.24) is 4.90 Å². The van der Waals surface area contributed by atoms with E-state index in [1.807, 2.05) is 0 Å². The zero-order valence-corrected chi connectivity index (χ0v) is 8.80. The molecule has 0 aromatic carbocycles. The Kier molecular flexibility index (Phi) is 1.76. The van der Waals surface area contributed by atoms with E-state index in [1.165, 1.54) is 19.4 Å². The first-order valence-electron chi connectivity index (χ1n) is 5.27. The first-order valence-corrected chi connectivity index (χ1v) is 5.27. The summed E-state index contributed by atoms with van der Waals surface area (Å²) in [5.74, 6) is 1.97. The van der Waals surface area contributed by atoms with Gasteiger partial charge < -0.3 is 0 Å². The van der Waals surface area contributed by atoms with Crippen molar-refractivity contribution >= 4 is 0 Å². The van der Waals surface area contributed by atoms with Crippen LogP contribution in [-0.4, -0.2) is 23.0 Å². The lowest BCUT2D eigenvalue weighted by Crippen LogP contribution is -2.46. The van der Waals surface area contributed by atoms with Gasteiger partial charge in [0.1, 0.15) is 0 Å². The molecule has 0 aromatic heterocycles. The van der Waals surface area contributed by atoms with E-state index < -0.39 is 0 Å². The van der Waals surface area contributed by atoms with Crippen LogP contribution in [-0.2, 0) is 0 Å². The molecule has 2 fully saturated rings. The maximum Gasteiger partial charge on any atom is 0.0129 e. The fourth-order valence-corrected chi connectivity index (χ4v) is 3.08. The minimum absolute atomic E-state index is 0.397. The summed E-state index contributed by atoms with van der Waals surface area (Å²) in [7, 11) is 0. The topological polar surface area (TPSA) is 3.24 Å². The van der Waals surface area contributed by atoms with Crippen LogP contribution in [0.5, 0.6) is 0 Å². The molecule has 0 radical (unpaired) electrons. The van der Waals surface area contributed by atoms with E-state index in [1.54, 1.807) is 0 Å². The monoisotopic (exact) mass is 167 g/mol. The Balaban J connectivity index is 2.14. The normalized spacial score (nSPS) is 42.5. The van der Waals surface area contributed by atoms with Gasteiger partial charge in [-0.25, -0.2) is 0 Å². The molecule has 70 valence electrons. The molecule has 3 atom stereocenters. The number of hydrogen-bond acceptors (Lipinski definition) is 1. The Morgan fingerprint density at radius 2 is 1.83 bits per heavy atom. The van der Waals surface area contributed by atoms with Gasteiger partial charge in [0.05, 0.1) is 0 Å². The van der Waals surface area contributed by atoms with Gasteiger partial charge in [0, 0.05) is 18.1 Å². The van der Waals surface area contributed by atoms with Crippen molar-refractivity contribution in [2.24, 2.45) is 11.8 Å². The summed E-state index contributed by atoms with van der Waals surface area (Å²) in [5.41, 5.74) is 0.397. The van der Waals surface area contributed by atoms with Crippen LogP contribution in [0.15, 0.2) is 0 Å². The molecule has 3 unspecified atom stereocenters. The summed E-state index contributed by atoms with van der Waals surface area (Å²) in [6.07, 6.45) is 2.93. The SMILES string of the molecule is CC1C2CCC1N(C(C)(C)C)C2. The van der Waals surface area contributed by atoms with Gasteiger partial charge in [0.15, 0.2) is 0 Å². The zero-order chi connectivity index (χ0) is 8.93. The molecule has 1 saturated carbocycles. The molecule has 1 nitrogen and oxygen atoms in total. The highest BCUT2D eigenvalue weighted by Gasteiger charge is 2.47. The molecule has 1 heteroatoms. The smallest absolute Gasteiger partial charge is 0.0129 e. The molecular formula is C11H21N.